The Morgan fingerprint density at radius 3 is 2.50 bits per heavy atom. The number of unbranched alkanes of at least 4 members (excludes halogenated alkanes) is 2. The molecule has 0 saturated heterocycles. The van der Waals surface area contributed by atoms with E-state index in [1.807, 2.05) is 25.1 Å². The summed E-state index contributed by atoms with van der Waals surface area (Å²) in [6.07, 6.45) is 3.75. The van der Waals surface area contributed by atoms with Gasteiger partial charge in [0.1, 0.15) is 0 Å². The summed E-state index contributed by atoms with van der Waals surface area (Å²) in [5, 5.41) is 3.01. The van der Waals surface area contributed by atoms with Crippen LogP contribution in [0.3, 0.4) is 0 Å². The van der Waals surface area contributed by atoms with Gasteiger partial charge in [-0.2, -0.15) is 0 Å². The minimum absolute atomic E-state index is 0.0380. The van der Waals surface area contributed by atoms with Crippen LogP contribution in [-0.4, -0.2) is 20.1 Å². The molecule has 1 N–H and O–H groups in total. The Morgan fingerprint density at radius 1 is 1.20 bits per heavy atom. The van der Waals surface area contributed by atoms with Gasteiger partial charge in [0, 0.05) is 6.42 Å². The van der Waals surface area contributed by atoms with Crippen LogP contribution in [0.2, 0.25) is 0 Å². The maximum Gasteiger partial charge on any atom is 0.220 e. The standard InChI is InChI=1S/C16H25NO3/c1-5-6-7-8-16(18)17-12(2)13-9-10-14(19-3)15(11-13)20-4/h9-12H,5-8H2,1-4H3,(H,17,18). The molecule has 0 heterocycles. The number of carbonyl (C=O) groups excluding carboxylic acids is 1. The van der Waals surface area contributed by atoms with E-state index in [-0.39, 0.29) is 11.9 Å². The number of nitrogens with one attached hydrogen (secondary N) is 1. The summed E-state index contributed by atoms with van der Waals surface area (Å²) in [7, 11) is 3.21. The fraction of sp³-hybridized carbons (Fsp3) is 0.562. The van der Waals surface area contributed by atoms with E-state index in [0.717, 1.165) is 24.8 Å². The van der Waals surface area contributed by atoms with Crippen LogP contribution in [0.4, 0.5) is 0 Å². The molecule has 20 heavy (non-hydrogen) atoms. The molecule has 0 aromatic heterocycles. The van der Waals surface area contributed by atoms with Gasteiger partial charge in [0.2, 0.25) is 5.91 Å². The number of amides is 1. The summed E-state index contributed by atoms with van der Waals surface area (Å²) in [5.74, 6) is 1.47. The van der Waals surface area contributed by atoms with Crippen LogP contribution in [0.1, 0.15) is 51.1 Å². The summed E-state index contributed by atoms with van der Waals surface area (Å²) in [5.41, 5.74) is 1.01. The molecule has 0 saturated carbocycles. The Bertz CT molecular complexity index is 432. The molecule has 1 aromatic carbocycles. The molecule has 1 amide bonds. The van der Waals surface area contributed by atoms with Crippen molar-refractivity contribution in [1.82, 2.24) is 5.32 Å². The van der Waals surface area contributed by atoms with Crippen molar-refractivity contribution in [3.63, 3.8) is 0 Å². The maximum atomic E-state index is 11.8. The maximum absolute atomic E-state index is 11.8. The van der Waals surface area contributed by atoms with Gasteiger partial charge in [-0.05, 0) is 31.0 Å². The van der Waals surface area contributed by atoms with Gasteiger partial charge < -0.3 is 14.8 Å². The third-order valence-electron chi connectivity index (χ3n) is 3.29. The van der Waals surface area contributed by atoms with Crippen molar-refractivity contribution in [2.45, 2.75) is 45.6 Å². The van der Waals surface area contributed by atoms with E-state index in [1.54, 1.807) is 14.2 Å². The van der Waals surface area contributed by atoms with E-state index in [4.69, 9.17) is 9.47 Å². The summed E-state index contributed by atoms with van der Waals surface area (Å²) in [4.78, 5) is 11.8. The second-order valence-corrected chi connectivity index (χ2v) is 4.86. The molecular weight excluding hydrogens is 254 g/mol. The van der Waals surface area contributed by atoms with Crippen molar-refractivity contribution >= 4 is 5.91 Å². The van der Waals surface area contributed by atoms with E-state index in [2.05, 4.69) is 12.2 Å². The average Bonchev–Trinajstić information content (AvgIpc) is 2.46. The first-order chi connectivity index (χ1) is 9.62. The molecule has 0 spiro atoms. The largest absolute Gasteiger partial charge is 0.493 e. The second kappa shape index (κ2) is 8.46. The molecule has 4 nitrogen and oxygen atoms in total. The average molecular weight is 279 g/mol. The van der Waals surface area contributed by atoms with Gasteiger partial charge in [0.15, 0.2) is 11.5 Å². The number of benzene rings is 1. The van der Waals surface area contributed by atoms with Gasteiger partial charge in [0.05, 0.1) is 20.3 Å². The Hall–Kier alpha value is -1.71. The molecule has 0 fully saturated rings. The van der Waals surface area contributed by atoms with Crippen LogP contribution in [-0.2, 0) is 4.79 Å². The number of hydrogen-bond donors (Lipinski definition) is 1. The van der Waals surface area contributed by atoms with Gasteiger partial charge in [-0.3, -0.25) is 4.79 Å². The first-order valence-electron chi connectivity index (χ1n) is 7.13. The minimum Gasteiger partial charge on any atom is -0.493 e. The Balaban J connectivity index is 2.63. The monoisotopic (exact) mass is 279 g/mol. The molecule has 0 aliphatic heterocycles. The third-order valence-corrected chi connectivity index (χ3v) is 3.29. The molecule has 1 rings (SSSR count). The fourth-order valence-corrected chi connectivity index (χ4v) is 2.05. The molecule has 0 aliphatic rings. The van der Waals surface area contributed by atoms with E-state index < -0.39 is 0 Å². The van der Waals surface area contributed by atoms with Crippen molar-refractivity contribution < 1.29 is 14.3 Å². The zero-order valence-corrected chi connectivity index (χ0v) is 12.9. The van der Waals surface area contributed by atoms with Crippen molar-refractivity contribution in [3.8, 4) is 11.5 Å². The van der Waals surface area contributed by atoms with Gasteiger partial charge in [-0.15, -0.1) is 0 Å². The molecule has 0 bridgehead atoms. The number of methoxy groups -OCH3 is 2. The molecule has 4 heteroatoms. The van der Waals surface area contributed by atoms with E-state index in [9.17, 15) is 4.79 Å². The topological polar surface area (TPSA) is 47.6 Å². The first kappa shape index (κ1) is 16.3. The second-order valence-electron chi connectivity index (χ2n) is 4.86. The third kappa shape index (κ3) is 4.76. The summed E-state index contributed by atoms with van der Waals surface area (Å²) in [6, 6.07) is 5.66. The van der Waals surface area contributed by atoms with Crippen molar-refractivity contribution in [3.05, 3.63) is 23.8 Å². The molecule has 1 aromatic rings. The van der Waals surface area contributed by atoms with E-state index >= 15 is 0 Å². The highest BCUT2D eigenvalue weighted by atomic mass is 16.5. The smallest absolute Gasteiger partial charge is 0.220 e. The zero-order chi connectivity index (χ0) is 15.0. The van der Waals surface area contributed by atoms with Gasteiger partial charge in [-0.1, -0.05) is 25.8 Å². The predicted molar refractivity (Wildman–Crippen MR) is 80.2 cm³/mol. The van der Waals surface area contributed by atoms with E-state index in [0.29, 0.717) is 17.9 Å². The molecular formula is C16H25NO3. The van der Waals surface area contributed by atoms with Crippen molar-refractivity contribution in [2.24, 2.45) is 0 Å². The number of hydrogen-bond acceptors (Lipinski definition) is 3. The summed E-state index contributed by atoms with van der Waals surface area (Å²) in [6.45, 7) is 4.10. The molecule has 112 valence electrons. The minimum atomic E-state index is -0.0380. The van der Waals surface area contributed by atoms with Crippen molar-refractivity contribution in [1.29, 1.82) is 0 Å². The predicted octanol–water partition coefficient (Wildman–Crippen LogP) is 3.46. The fourth-order valence-electron chi connectivity index (χ4n) is 2.05. The van der Waals surface area contributed by atoms with Crippen LogP contribution in [0.15, 0.2) is 18.2 Å². The lowest BCUT2D eigenvalue weighted by Gasteiger charge is -2.16. The lowest BCUT2D eigenvalue weighted by Crippen LogP contribution is -2.26. The quantitative estimate of drug-likeness (QED) is 0.741. The van der Waals surface area contributed by atoms with E-state index in [1.165, 1.54) is 0 Å². The van der Waals surface area contributed by atoms with Crippen LogP contribution < -0.4 is 14.8 Å². The molecule has 0 radical (unpaired) electrons. The highest BCUT2D eigenvalue weighted by Crippen LogP contribution is 2.29. The summed E-state index contributed by atoms with van der Waals surface area (Å²) < 4.78 is 10.5. The lowest BCUT2D eigenvalue weighted by atomic mass is 10.1. The summed E-state index contributed by atoms with van der Waals surface area (Å²) >= 11 is 0. The van der Waals surface area contributed by atoms with Crippen LogP contribution in [0.5, 0.6) is 11.5 Å². The SMILES string of the molecule is CCCCCC(=O)NC(C)c1ccc(OC)c(OC)c1. The first-order valence-corrected chi connectivity index (χ1v) is 7.13. The van der Waals surface area contributed by atoms with Gasteiger partial charge >= 0.3 is 0 Å². The lowest BCUT2D eigenvalue weighted by molar-refractivity contribution is -0.121. The molecule has 0 aliphatic carbocycles. The van der Waals surface area contributed by atoms with Crippen LogP contribution in [0, 0.1) is 0 Å². The number of carbonyl (C=O) groups is 1. The Kier molecular flexibility index (Phi) is 6.91. The van der Waals surface area contributed by atoms with Gasteiger partial charge in [0.25, 0.3) is 0 Å². The molecule has 1 unspecified atom stereocenters. The van der Waals surface area contributed by atoms with Gasteiger partial charge in [-0.25, -0.2) is 0 Å². The van der Waals surface area contributed by atoms with Crippen LogP contribution >= 0.6 is 0 Å². The van der Waals surface area contributed by atoms with Crippen molar-refractivity contribution in [2.75, 3.05) is 14.2 Å². The highest BCUT2D eigenvalue weighted by Gasteiger charge is 2.12. The Morgan fingerprint density at radius 2 is 1.90 bits per heavy atom. The van der Waals surface area contributed by atoms with Crippen LogP contribution in [0.25, 0.3) is 0 Å². The molecule has 1 atom stereocenters. The number of ether oxygens (including phenoxy) is 2. The number of rotatable bonds is 8. The highest BCUT2D eigenvalue weighted by molar-refractivity contribution is 5.76. The Labute approximate surface area is 121 Å². The normalized spacial score (nSPS) is 11.8. The zero-order valence-electron chi connectivity index (χ0n) is 12.9.